The zero-order chi connectivity index (χ0) is 22.1. The van der Waals surface area contributed by atoms with E-state index in [-0.39, 0.29) is 41.4 Å². The quantitative estimate of drug-likeness (QED) is 0.397. The highest BCUT2D eigenvalue weighted by atomic mass is 32.2. The maximum atomic E-state index is 12.9. The van der Waals surface area contributed by atoms with E-state index in [1.165, 1.54) is 40.9 Å². The first kappa shape index (κ1) is 21.9. The minimum atomic E-state index is -1.08. The number of carbonyl (C=O) groups excluding carboxylic acids is 3. The first-order valence-electron chi connectivity index (χ1n) is 9.44. The van der Waals surface area contributed by atoms with Crippen LogP contribution in [0, 0.1) is 5.41 Å². The topological polar surface area (TPSA) is 110 Å². The van der Waals surface area contributed by atoms with Crippen molar-refractivity contribution in [2.24, 2.45) is 5.41 Å². The van der Waals surface area contributed by atoms with Gasteiger partial charge in [-0.3, -0.25) is 14.5 Å². The molecule has 0 bridgehead atoms. The number of amides is 1. The number of hydrogen-bond acceptors (Lipinski definition) is 7. The van der Waals surface area contributed by atoms with Crippen molar-refractivity contribution in [2.75, 3.05) is 19.0 Å². The Kier molecular flexibility index (Phi) is 6.21. The van der Waals surface area contributed by atoms with Crippen molar-refractivity contribution in [3.05, 3.63) is 46.8 Å². The molecule has 30 heavy (non-hydrogen) atoms. The molecule has 1 N–H and O–H groups in total. The Bertz CT molecular complexity index is 914. The molecular formula is C21H23NO7S. The second-order valence-corrected chi connectivity index (χ2v) is 9.12. The van der Waals surface area contributed by atoms with Crippen LogP contribution in [-0.4, -0.2) is 58.0 Å². The highest BCUT2D eigenvalue weighted by Crippen LogP contribution is 2.42. The third kappa shape index (κ3) is 4.51. The van der Waals surface area contributed by atoms with Crippen LogP contribution in [0.4, 0.5) is 0 Å². The van der Waals surface area contributed by atoms with Gasteiger partial charge in [-0.05, 0) is 24.3 Å². The number of Topliss-reactive ketones (excluding diaryl/α,β-unsaturated/α-hetero) is 1. The molecule has 2 aliphatic rings. The number of ether oxygens (including phenoxy) is 2. The Hall–Kier alpha value is -2.81. The van der Waals surface area contributed by atoms with Gasteiger partial charge in [0.05, 0.1) is 28.7 Å². The minimum absolute atomic E-state index is 0.0299. The summed E-state index contributed by atoms with van der Waals surface area (Å²) in [5.41, 5.74) is -0.0596. The Labute approximate surface area is 178 Å². The molecule has 3 rings (SSSR count). The Morgan fingerprint density at radius 1 is 1.13 bits per heavy atom. The number of rotatable bonds is 7. The van der Waals surface area contributed by atoms with Crippen LogP contribution >= 0.6 is 11.8 Å². The third-order valence-corrected chi connectivity index (χ3v) is 5.87. The van der Waals surface area contributed by atoms with Crippen LogP contribution in [0.5, 0.6) is 0 Å². The van der Waals surface area contributed by atoms with Gasteiger partial charge in [-0.1, -0.05) is 20.8 Å². The monoisotopic (exact) mass is 433 g/mol. The van der Waals surface area contributed by atoms with Gasteiger partial charge in [0.1, 0.15) is 24.7 Å². The molecule has 2 aliphatic heterocycles. The molecule has 1 amide bonds. The zero-order valence-corrected chi connectivity index (χ0v) is 17.8. The summed E-state index contributed by atoms with van der Waals surface area (Å²) in [5.74, 6) is -1.05. The van der Waals surface area contributed by atoms with E-state index >= 15 is 0 Å². The van der Waals surface area contributed by atoms with E-state index in [1.807, 2.05) is 0 Å². The van der Waals surface area contributed by atoms with Gasteiger partial charge in [0.2, 0.25) is 5.91 Å². The van der Waals surface area contributed by atoms with Crippen LogP contribution in [0.1, 0.15) is 47.9 Å². The van der Waals surface area contributed by atoms with Crippen molar-refractivity contribution >= 4 is 35.4 Å². The number of ketones is 1. The lowest BCUT2D eigenvalue weighted by Gasteiger charge is -2.45. The fraction of sp³-hybridized carbons (Fsp3) is 0.429. The number of carboxylic acids is 1. The molecule has 9 heteroatoms. The minimum Gasteiger partial charge on any atom is -0.491 e. The SMILES string of the molecule is CC(C)(C)C(=O)C1=C(OCCOC(=O)c2ccc(C(=O)O)cc2)CS[C@@H]2CC(=O)N12. The van der Waals surface area contributed by atoms with Crippen LogP contribution in [0.3, 0.4) is 0 Å². The number of nitrogens with zero attached hydrogens (tertiary/aromatic N) is 1. The van der Waals surface area contributed by atoms with Gasteiger partial charge in [-0.15, -0.1) is 11.8 Å². The molecule has 2 heterocycles. The predicted molar refractivity (Wildman–Crippen MR) is 109 cm³/mol. The Balaban J connectivity index is 1.61. The summed E-state index contributed by atoms with van der Waals surface area (Å²) in [5, 5.41) is 8.86. The molecule has 160 valence electrons. The number of β-lactam (4-membered cyclic amide) rings is 1. The summed E-state index contributed by atoms with van der Waals surface area (Å²) < 4.78 is 10.9. The molecule has 0 aliphatic carbocycles. The Morgan fingerprint density at radius 2 is 1.77 bits per heavy atom. The normalized spacial score (nSPS) is 18.4. The van der Waals surface area contributed by atoms with Gasteiger partial charge >= 0.3 is 11.9 Å². The van der Waals surface area contributed by atoms with Crippen molar-refractivity contribution in [3.8, 4) is 0 Å². The molecular weight excluding hydrogens is 410 g/mol. The van der Waals surface area contributed by atoms with Gasteiger partial charge in [0.15, 0.2) is 5.78 Å². The number of esters is 1. The van der Waals surface area contributed by atoms with Crippen LogP contribution in [0.15, 0.2) is 35.7 Å². The van der Waals surface area contributed by atoms with Gasteiger partial charge in [-0.25, -0.2) is 9.59 Å². The lowest BCUT2D eigenvalue weighted by Crippen LogP contribution is -2.55. The van der Waals surface area contributed by atoms with Crippen molar-refractivity contribution in [2.45, 2.75) is 32.6 Å². The summed E-state index contributed by atoms with van der Waals surface area (Å²) >= 11 is 1.54. The summed E-state index contributed by atoms with van der Waals surface area (Å²) in [6, 6.07) is 5.40. The second-order valence-electron chi connectivity index (χ2n) is 7.95. The number of allylic oxidation sites excluding steroid dienone is 1. The Morgan fingerprint density at radius 3 is 2.33 bits per heavy atom. The smallest absolute Gasteiger partial charge is 0.338 e. The summed E-state index contributed by atoms with van der Waals surface area (Å²) in [6.07, 6.45) is 0.414. The molecule has 1 aromatic carbocycles. The number of aromatic carboxylic acids is 1. The van der Waals surface area contributed by atoms with E-state index in [4.69, 9.17) is 14.6 Å². The second kappa shape index (κ2) is 8.51. The van der Waals surface area contributed by atoms with Crippen molar-refractivity contribution in [3.63, 3.8) is 0 Å². The molecule has 0 unspecified atom stereocenters. The number of hydrogen-bond donors (Lipinski definition) is 1. The van der Waals surface area contributed by atoms with Crippen molar-refractivity contribution < 1.29 is 33.8 Å². The van der Waals surface area contributed by atoms with Crippen LogP contribution in [0.25, 0.3) is 0 Å². The number of fused-ring (bicyclic) bond motifs is 1. The number of carboxylic acid groups (broad SMARTS) is 1. The molecule has 0 spiro atoms. The molecule has 8 nitrogen and oxygen atoms in total. The van der Waals surface area contributed by atoms with Crippen LogP contribution < -0.4 is 0 Å². The van der Waals surface area contributed by atoms with E-state index in [0.29, 0.717) is 23.6 Å². The van der Waals surface area contributed by atoms with Gasteiger partial charge in [0.25, 0.3) is 0 Å². The number of benzene rings is 1. The average molecular weight is 433 g/mol. The van der Waals surface area contributed by atoms with E-state index < -0.39 is 17.4 Å². The molecule has 1 aromatic rings. The third-order valence-electron chi connectivity index (χ3n) is 4.67. The average Bonchev–Trinajstić information content (AvgIpc) is 2.69. The first-order chi connectivity index (χ1) is 14.1. The summed E-state index contributed by atoms with van der Waals surface area (Å²) in [6.45, 7) is 5.35. The molecule has 1 atom stereocenters. The van der Waals surface area contributed by atoms with Crippen LogP contribution in [0.2, 0.25) is 0 Å². The highest BCUT2D eigenvalue weighted by molar-refractivity contribution is 8.00. The number of carbonyl (C=O) groups is 4. The van der Waals surface area contributed by atoms with Crippen molar-refractivity contribution in [1.82, 2.24) is 4.90 Å². The fourth-order valence-electron chi connectivity index (χ4n) is 3.00. The van der Waals surface area contributed by atoms with E-state index in [9.17, 15) is 19.2 Å². The van der Waals surface area contributed by atoms with Gasteiger partial charge < -0.3 is 14.6 Å². The molecule has 1 saturated heterocycles. The van der Waals surface area contributed by atoms with Crippen molar-refractivity contribution in [1.29, 1.82) is 0 Å². The first-order valence-corrected chi connectivity index (χ1v) is 10.5. The standard InChI is InChI=1S/C21H23NO7S/c1-21(2,3)18(24)17-14(11-30-16-10-15(23)22(16)17)28-8-9-29-20(27)13-6-4-12(5-7-13)19(25)26/h4-7,16H,8-11H2,1-3H3,(H,25,26)/t16-/m1/s1. The number of thioether (sulfide) groups is 1. The fourth-order valence-corrected chi connectivity index (χ4v) is 4.19. The molecule has 0 saturated carbocycles. The molecule has 0 aromatic heterocycles. The van der Waals surface area contributed by atoms with E-state index in [0.717, 1.165) is 0 Å². The molecule has 0 radical (unpaired) electrons. The maximum Gasteiger partial charge on any atom is 0.338 e. The lowest BCUT2D eigenvalue weighted by molar-refractivity contribution is -0.143. The summed E-state index contributed by atoms with van der Waals surface area (Å²) in [4.78, 5) is 49.4. The maximum absolute atomic E-state index is 12.9. The predicted octanol–water partition coefficient (Wildman–Crippen LogP) is 2.69. The van der Waals surface area contributed by atoms with Gasteiger partial charge in [-0.2, -0.15) is 0 Å². The zero-order valence-electron chi connectivity index (χ0n) is 17.0. The lowest BCUT2D eigenvalue weighted by atomic mass is 9.87. The van der Waals surface area contributed by atoms with E-state index in [1.54, 1.807) is 20.8 Å². The van der Waals surface area contributed by atoms with E-state index in [2.05, 4.69) is 0 Å². The van der Waals surface area contributed by atoms with Crippen LogP contribution in [-0.2, 0) is 19.1 Å². The molecule has 1 fully saturated rings. The largest absolute Gasteiger partial charge is 0.491 e. The highest BCUT2D eigenvalue weighted by Gasteiger charge is 2.47. The van der Waals surface area contributed by atoms with Gasteiger partial charge in [0, 0.05) is 5.41 Å². The summed E-state index contributed by atoms with van der Waals surface area (Å²) in [7, 11) is 0.